The number of anilines is 1. The Morgan fingerprint density at radius 1 is 1.29 bits per heavy atom. The van der Waals surface area contributed by atoms with Crippen LogP contribution in [0.25, 0.3) is 0 Å². The fourth-order valence-corrected chi connectivity index (χ4v) is 2.29. The van der Waals surface area contributed by atoms with Gasteiger partial charge >= 0.3 is 0 Å². The van der Waals surface area contributed by atoms with Crippen molar-refractivity contribution >= 4 is 17.5 Å². The molecule has 0 aromatic heterocycles. The number of carbonyl (C=O) groups is 2. The van der Waals surface area contributed by atoms with Gasteiger partial charge in [0.1, 0.15) is 0 Å². The lowest BCUT2D eigenvalue weighted by Gasteiger charge is -2.29. The van der Waals surface area contributed by atoms with E-state index in [1.807, 2.05) is 26.0 Å². The minimum atomic E-state index is -0.692. The first kappa shape index (κ1) is 15.4. The fraction of sp³-hybridized carbons (Fsp3) is 0.500. The Balaban J connectivity index is 2.01. The molecule has 0 radical (unpaired) electrons. The third-order valence-corrected chi connectivity index (χ3v) is 3.84. The average Bonchev–Trinajstić information content (AvgIpc) is 3.21. The molecule has 0 aliphatic heterocycles. The Kier molecular flexibility index (Phi) is 4.21. The van der Waals surface area contributed by atoms with Gasteiger partial charge in [0, 0.05) is 18.8 Å². The second kappa shape index (κ2) is 5.76. The third kappa shape index (κ3) is 3.74. The molecular formula is C16H23N3O2. The van der Waals surface area contributed by atoms with E-state index in [1.165, 1.54) is 4.90 Å². The summed E-state index contributed by atoms with van der Waals surface area (Å²) in [5.41, 5.74) is 6.53. The summed E-state index contributed by atoms with van der Waals surface area (Å²) in [6.45, 7) is 3.81. The molecule has 5 heteroatoms. The predicted molar refractivity (Wildman–Crippen MR) is 82.7 cm³/mol. The Morgan fingerprint density at radius 3 is 2.38 bits per heavy atom. The summed E-state index contributed by atoms with van der Waals surface area (Å²) < 4.78 is 0. The van der Waals surface area contributed by atoms with Crippen LogP contribution in [0, 0.1) is 0 Å². The second-order valence-electron chi connectivity index (χ2n) is 6.25. The summed E-state index contributed by atoms with van der Waals surface area (Å²) in [7, 11) is 1.66. The number of nitrogen functional groups attached to an aromatic ring is 1. The monoisotopic (exact) mass is 289 g/mol. The van der Waals surface area contributed by atoms with E-state index in [-0.39, 0.29) is 18.4 Å². The normalized spacial score (nSPS) is 14.6. The lowest BCUT2D eigenvalue weighted by Crippen LogP contribution is -2.46. The molecule has 21 heavy (non-hydrogen) atoms. The van der Waals surface area contributed by atoms with Crippen LogP contribution in [0.4, 0.5) is 5.69 Å². The van der Waals surface area contributed by atoms with E-state index in [0.29, 0.717) is 11.7 Å². The van der Waals surface area contributed by atoms with E-state index in [4.69, 9.17) is 5.73 Å². The van der Waals surface area contributed by atoms with Crippen LogP contribution in [0.5, 0.6) is 0 Å². The minimum absolute atomic E-state index is 0.0850. The Bertz CT molecular complexity index is 533. The number of hydrogen-bond acceptors (Lipinski definition) is 3. The lowest BCUT2D eigenvalue weighted by atomic mass is 9.83. The molecule has 1 saturated carbocycles. The number of hydrogen-bond donors (Lipinski definition) is 2. The highest BCUT2D eigenvalue weighted by atomic mass is 16.2. The predicted octanol–water partition coefficient (Wildman–Crippen LogP) is 1.28. The number of nitrogens with one attached hydrogen (secondary N) is 1. The highest BCUT2D eigenvalue weighted by Crippen LogP contribution is 2.26. The zero-order valence-corrected chi connectivity index (χ0v) is 12.8. The molecule has 0 bridgehead atoms. The van der Waals surface area contributed by atoms with Gasteiger partial charge in [-0.05, 0) is 44.4 Å². The molecule has 1 aliphatic rings. The molecule has 3 N–H and O–H groups in total. The third-order valence-electron chi connectivity index (χ3n) is 3.84. The maximum atomic E-state index is 12.6. The van der Waals surface area contributed by atoms with Crippen LogP contribution >= 0.6 is 0 Å². The molecule has 0 spiro atoms. The van der Waals surface area contributed by atoms with Crippen LogP contribution < -0.4 is 11.1 Å². The van der Waals surface area contributed by atoms with Crippen LogP contribution in [0.15, 0.2) is 24.3 Å². The first-order valence-corrected chi connectivity index (χ1v) is 7.21. The van der Waals surface area contributed by atoms with E-state index in [0.717, 1.165) is 18.4 Å². The fourth-order valence-electron chi connectivity index (χ4n) is 2.29. The van der Waals surface area contributed by atoms with Crippen molar-refractivity contribution in [1.29, 1.82) is 0 Å². The lowest BCUT2D eigenvalue weighted by molar-refractivity contribution is -0.138. The molecule has 1 aromatic carbocycles. The summed E-state index contributed by atoms with van der Waals surface area (Å²) in [6.07, 6.45) is 2.08. The maximum Gasteiger partial charge on any atom is 0.239 e. The zero-order chi connectivity index (χ0) is 15.6. The number of amides is 2. The molecule has 114 valence electrons. The molecular weight excluding hydrogens is 266 g/mol. The minimum Gasteiger partial charge on any atom is -0.399 e. The molecule has 0 heterocycles. The van der Waals surface area contributed by atoms with Crippen LogP contribution in [0.3, 0.4) is 0 Å². The van der Waals surface area contributed by atoms with E-state index in [9.17, 15) is 9.59 Å². The topological polar surface area (TPSA) is 75.4 Å². The largest absolute Gasteiger partial charge is 0.399 e. The SMILES string of the molecule is CN(CC(=O)NC1CC1)C(=O)C(C)(C)c1ccc(N)cc1. The molecule has 2 amide bonds. The van der Waals surface area contributed by atoms with Gasteiger partial charge in [-0.15, -0.1) is 0 Å². The van der Waals surface area contributed by atoms with Gasteiger partial charge in [-0.25, -0.2) is 0 Å². The smallest absolute Gasteiger partial charge is 0.239 e. The van der Waals surface area contributed by atoms with Crippen molar-refractivity contribution in [1.82, 2.24) is 10.2 Å². The van der Waals surface area contributed by atoms with Crippen molar-refractivity contribution in [3.63, 3.8) is 0 Å². The van der Waals surface area contributed by atoms with Gasteiger partial charge < -0.3 is 16.0 Å². The Labute approximate surface area is 125 Å². The van der Waals surface area contributed by atoms with Crippen LogP contribution in [-0.2, 0) is 15.0 Å². The van der Waals surface area contributed by atoms with Crippen LogP contribution in [0.2, 0.25) is 0 Å². The summed E-state index contributed by atoms with van der Waals surface area (Å²) in [4.78, 5) is 25.9. The summed E-state index contributed by atoms with van der Waals surface area (Å²) >= 11 is 0. The van der Waals surface area contributed by atoms with Crippen molar-refractivity contribution in [2.45, 2.75) is 38.1 Å². The van der Waals surface area contributed by atoms with Crippen molar-refractivity contribution < 1.29 is 9.59 Å². The van der Waals surface area contributed by atoms with Crippen molar-refractivity contribution in [3.8, 4) is 0 Å². The van der Waals surface area contributed by atoms with Gasteiger partial charge in [-0.1, -0.05) is 12.1 Å². The van der Waals surface area contributed by atoms with Gasteiger partial charge in [0.25, 0.3) is 0 Å². The highest BCUT2D eigenvalue weighted by molar-refractivity contribution is 5.91. The second-order valence-corrected chi connectivity index (χ2v) is 6.25. The van der Waals surface area contributed by atoms with Gasteiger partial charge in [-0.3, -0.25) is 9.59 Å². The van der Waals surface area contributed by atoms with Crippen molar-refractivity contribution in [3.05, 3.63) is 29.8 Å². The van der Waals surface area contributed by atoms with Gasteiger partial charge in [-0.2, -0.15) is 0 Å². The van der Waals surface area contributed by atoms with Crippen LogP contribution in [0.1, 0.15) is 32.3 Å². The van der Waals surface area contributed by atoms with Crippen molar-refractivity contribution in [2.75, 3.05) is 19.3 Å². The first-order chi connectivity index (χ1) is 9.80. The molecule has 1 fully saturated rings. The summed E-state index contributed by atoms with van der Waals surface area (Å²) in [5.74, 6) is -0.181. The van der Waals surface area contributed by atoms with Crippen molar-refractivity contribution in [2.24, 2.45) is 0 Å². The number of likely N-dealkylation sites (N-methyl/N-ethyl adjacent to an activating group) is 1. The number of carbonyl (C=O) groups excluding carboxylic acids is 2. The number of benzene rings is 1. The molecule has 1 aromatic rings. The molecule has 1 aliphatic carbocycles. The summed E-state index contributed by atoms with van der Waals surface area (Å²) in [5, 5.41) is 2.89. The highest BCUT2D eigenvalue weighted by Gasteiger charge is 2.33. The Hall–Kier alpha value is -2.04. The maximum absolute atomic E-state index is 12.6. The number of nitrogens with two attached hydrogens (primary N) is 1. The average molecular weight is 289 g/mol. The van der Waals surface area contributed by atoms with E-state index < -0.39 is 5.41 Å². The molecule has 0 unspecified atom stereocenters. The zero-order valence-electron chi connectivity index (χ0n) is 12.8. The standard InChI is InChI=1S/C16H23N3O2/c1-16(2,11-4-6-12(17)7-5-11)15(21)19(3)10-14(20)18-13-8-9-13/h4-7,13H,8-10,17H2,1-3H3,(H,18,20). The van der Waals surface area contributed by atoms with E-state index >= 15 is 0 Å². The molecule has 0 saturated heterocycles. The van der Waals surface area contributed by atoms with Gasteiger partial charge in [0.15, 0.2) is 0 Å². The number of rotatable bonds is 5. The quantitative estimate of drug-likeness (QED) is 0.802. The first-order valence-electron chi connectivity index (χ1n) is 7.21. The van der Waals surface area contributed by atoms with E-state index in [2.05, 4.69) is 5.32 Å². The molecule has 2 rings (SSSR count). The van der Waals surface area contributed by atoms with Gasteiger partial charge in [0.05, 0.1) is 12.0 Å². The van der Waals surface area contributed by atoms with Crippen LogP contribution in [-0.4, -0.2) is 36.3 Å². The summed E-state index contributed by atoms with van der Waals surface area (Å²) in [6, 6.07) is 7.58. The molecule has 0 atom stereocenters. The van der Waals surface area contributed by atoms with Gasteiger partial charge in [0.2, 0.25) is 11.8 Å². The molecule has 5 nitrogen and oxygen atoms in total. The van der Waals surface area contributed by atoms with E-state index in [1.54, 1.807) is 19.2 Å². The number of nitrogens with zero attached hydrogens (tertiary/aromatic N) is 1. The Morgan fingerprint density at radius 2 is 1.86 bits per heavy atom.